The molecule has 4 saturated carbocycles. The molecule has 4 N–H and O–H groups in total. The lowest BCUT2D eigenvalue weighted by Gasteiger charge is -2.51. The van der Waals surface area contributed by atoms with Crippen molar-refractivity contribution in [3.05, 3.63) is 35.4 Å². The van der Waals surface area contributed by atoms with Crippen molar-refractivity contribution in [2.75, 3.05) is 7.11 Å². The van der Waals surface area contributed by atoms with Crippen LogP contribution in [0.25, 0.3) is 5.76 Å². The fourth-order valence-electron chi connectivity index (χ4n) is 6.46. The Morgan fingerprint density at radius 1 is 0.969 bits per heavy atom. The molecular weight excluding hydrogens is 416 g/mol. The highest BCUT2D eigenvalue weighted by Gasteiger charge is 2.49. The largest absolute Gasteiger partial charge is 0.496 e. The zero-order valence-corrected chi connectivity index (χ0v) is 18.0. The van der Waals surface area contributed by atoms with Crippen LogP contribution in [0.2, 0.25) is 0 Å². The van der Waals surface area contributed by atoms with Gasteiger partial charge >= 0.3 is 5.97 Å². The van der Waals surface area contributed by atoms with E-state index in [4.69, 9.17) is 14.2 Å². The molecule has 174 valence electrons. The van der Waals surface area contributed by atoms with E-state index < -0.39 is 36.7 Å². The number of aliphatic carboxylic acids is 1. The monoisotopic (exact) mass is 446 g/mol. The lowest BCUT2D eigenvalue weighted by Crippen LogP contribution is -2.61. The van der Waals surface area contributed by atoms with Gasteiger partial charge in [-0.2, -0.15) is 0 Å². The number of aliphatic hydroxyl groups is 3. The van der Waals surface area contributed by atoms with Crippen LogP contribution in [-0.4, -0.2) is 64.2 Å². The Hall–Kier alpha value is -2.13. The zero-order chi connectivity index (χ0) is 22.6. The molecule has 32 heavy (non-hydrogen) atoms. The summed E-state index contributed by atoms with van der Waals surface area (Å²) in [5.41, 5.74) is 2.25. The van der Waals surface area contributed by atoms with E-state index in [0.29, 0.717) is 17.6 Å². The summed E-state index contributed by atoms with van der Waals surface area (Å²) >= 11 is 0. The van der Waals surface area contributed by atoms with Crippen LogP contribution in [0.15, 0.2) is 29.8 Å². The number of aliphatic hydroxyl groups excluding tert-OH is 3. The fraction of sp³-hybridized carbons (Fsp3) is 0.625. The molecule has 0 radical (unpaired) electrons. The standard InChI is InChI=1S/C24H30O8/c1-30-21(17-14-6-11-5-12(8-14)9-15(17)7-11)13-3-2-4-16(10-13)31-24-20(27)18(25)19(26)22(32-24)23(28)29/h2-4,10-12,14-15,18-20,22,24-27H,5-9H2,1H3,(H,28,29)/t11?,12?,14?,15?,18-,19-,20+,22-,24+/m0/s1. The number of benzene rings is 1. The van der Waals surface area contributed by atoms with Gasteiger partial charge in [0.1, 0.15) is 29.8 Å². The smallest absolute Gasteiger partial charge is 0.335 e. The molecule has 8 heteroatoms. The minimum atomic E-state index is -1.75. The van der Waals surface area contributed by atoms with Crippen molar-refractivity contribution < 1.29 is 39.4 Å². The average Bonchev–Trinajstić information content (AvgIpc) is 2.76. The van der Waals surface area contributed by atoms with E-state index >= 15 is 0 Å². The quantitative estimate of drug-likeness (QED) is 0.505. The van der Waals surface area contributed by atoms with Crippen LogP contribution in [0, 0.1) is 23.7 Å². The van der Waals surface area contributed by atoms with Crippen LogP contribution < -0.4 is 4.74 Å². The summed E-state index contributed by atoms with van der Waals surface area (Å²) < 4.78 is 16.9. The minimum Gasteiger partial charge on any atom is -0.496 e. The van der Waals surface area contributed by atoms with Crippen molar-refractivity contribution in [3.63, 3.8) is 0 Å². The summed E-state index contributed by atoms with van der Waals surface area (Å²) in [6.07, 6.45) is -1.93. The number of ether oxygens (including phenoxy) is 3. The highest BCUT2D eigenvalue weighted by molar-refractivity contribution is 5.73. The second kappa shape index (κ2) is 8.33. The molecule has 1 aliphatic heterocycles. The number of carboxylic acids is 1. The molecule has 1 aromatic rings. The van der Waals surface area contributed by atoms with Gasteiger partial charge in [-0.05, 0) is 73.5 Å². The summed E-state index contributed by atoms with van der Waals surface area (Å²) in [5, 5.41) is 39.4. The number of hydrogen-bond acceptors (Lipinski definition) is 7. The summed E-state index contributed by atoms with van der Waals surface area (Å²) in [6.45, 7) is 0. The van der Waals surface area contributed by atoms with Gasteiger partial charge in [0.25, 0.3) is 0 Å². The van der Waals surface area contributed by atoms with E-state index in [2.05, 4.69) is 0 Å². The minimum absolute atomic E-state index is 0.346. The maximum absolute atomic E-state index is 11.3. The second-order valence-electron chi connectivity index (χ2n) is 9.67. The van der Waals surface area contributed by atoms with Gasteiger partial charge in [0.15, 0.2) is 6.10 Å². The van der Waals surface area contributed by atoms with Crippen LogP contribution >= 0.6 is 0 Å². The van der Waals surface area contributed by atoms with Gasteiger partial charge in [0.05, 0.1) is 7.11 Å². The molecule has 0 amide bonds. The van der Waals surface area contributed by atoms with Crippen molar-refractivity contribution in [3.8, 4) is 5.75 Å². The summed E-state index contributed by atoms with van der Waals surface area (Å²) in [7, 11) is 1.68. The number of hydrogen-bond donors (Lipinski definition) is 4. The van der Waals surface area contributed by atoms with Gasteiger partial charge in [-0.15, -0.1) is 0 Å². The molecule has 5 fully saturated rings. The molecule has 8 nitrogen and oxygen atoms in total. The first kappa shape index (κ1) is 21.7. The predicted octanol–water partition coefficient (Wildman–Crippen LogP) is 1.77. The van der Waals surface area contributed by atoms with E-state index in [1.165, 1.54) is 37.7 Å². The Kier molecular flexibility index (Phi) is 5.65. The Labute approximate surface area is 186 Å². The maximum Gasteiger partial charge on any atom is 0.335 e. The lowest BCUT2D eigenvalue weighted by atomic mass is 9.54. The van der Waals surface area contributed by atoms with E-state index in [0.717, 1.165) is 23.2 Å². The lowest BCUT2D eigenvalue weighted by molar-refractivity contribution is -0.271. The third kappa shape index (κ3) is 3.69. The molecule has 0 unspecified atom stereocenters. The van der Waals surface area contributed by atoms with Crippen LogP contribution in [0.3, 0.4) is 0 Å². The Morgan fingerprint density at radius 2 is 1.62 bits per heavy atom. The number of rotatable bonds is 5. The van der Waals surface area contributed by atoms with Crippen LogP contribution in [0.4, 0.5) is 0 Å². The molecule has 0 spiro atoms. The summed E-state index contributed by atoms with van der Waals surface area (Å²) in [4.78, 5) is 11.3. The maximum atomic E-state index is 11.3. The SMILES string of the molecule is COC(=C1C2CC3CC(C2)CC1C3)c1cccc(O[C@@H]2O[C@H](C(=O)O)[C@@H](O)[C@H](O)[C@H]2O)c1. The van der Waals surface area contributed by atoms with E-state index in [-0.39, 0.29) is 0 Å². The molecular formula is C24H30O8. The van der Waals surface area contributed by atoms with Gasteiger partial charge in [-0.1, -0.05) is 12.1 Å². The first-order valence-corrected chi connectivity index (χ1v) is 11.3. The average molecular weight is 446 g/mol. The van der Waals surface area contributed by atoms with Crippen LogP contribution in [0.5, 0.6) is 5.75 Å². The molecule has 5 aliphatic rings. The van der Waals surface area contributed by atoms with Gasteiger partial charge in [-0.25, -0.2) is 4.79 Å². The second-order valence-corrected chi connectivity index (χ2v) is 9.67. The highest BCUT2D eigenvalue weighted by atomic mass is 16.7. The molecule has 5 atom stereocenters. The Balaban J connectivity index is 1.40. The van der Waals surface area contributed by atoms with Crippen molar-refractivity contribution in [1.82, 2.24) is 0 Å². The van der Waals surface area contributed by atoms with Crippen LogP contribution in [0.1, 0.15) is 37.7 Å². The van der Waals surface area contributed by atoms with E-state index in [9.17, 15) is 25.2 Å². The van der Waals surface area contributed by atoms with Gasteiger partial charge in [0.2, 0.25) is 6.29 Å². The molecule has 0 aromatic heterocycles. The number of allylic oxidation sites excluding steroid dienone is 1. The van der Waals surface area contributed by atoms with Crippen molar-refractivity contribution in [2.24, 2.45) is 23.7 Å². The zero-order valence-electron chi connectivity index (χ0n) is 18.0. The first-order chi connectivity index (χ1) is 15.4. The summed E-state index contributed by atoms with van der Waals surface area (Å²) in [5.74, 6) is 2.56. The van der Waals surface area contributed by atoms with Crippen LogP contribution in [-0.2, 0) is 14.3 Å². The van der Waals surface area contributed by atoms with Crippen molar-refractivity contribution >= 4 is 11.7 Å². The molecule has 6 rings (SSSR count). The topological polar surface area (TPSA) is 126 Å². The number of carboxylic acid groups (broad SMARTS) is 1. The Morgan fingerprint density at radius 3 is 2.22 bits per heavy atom. The molecule has 4 bridgehead atoms. The van der Waals surface area contributed by atoms with Crippen molar-refractivity contribution in [2.45, 2.75) is 62.8 Å². The Bertz CT molecular complexity index is 881. The van der Waals surface area contributed by atoms with Gasteiger partial charge < -0.3 is 34.6 Å². The first-order valence-electron chi connectivity index (χ1n) is 11.3. The fourth-order valence-corrected chi connectivity index (χ4v) is 6.46. The third-order valence-electron chi connectivity index (χ3n) is 7.65. The predicted molar refractivity (Wildman–Crippen MR) is 112 cm³/mol. The summed E-state index contributed by atoms with van der Waals surface area (Å²) in [6, 6.07) is 7.19. The highest BCUT2D eigenvalue weighted by Crippen LogP contribution is 2.58. The molecule has 1 aromatic carbocycles. The van der Waals surface area contributed by atoms with E-state index in [1.54, 1.807) is 25.3 Å². The number of carbonyl (C=O) groups is 1. The molecule has 1 saturated heterocycles. The van der Waals surface area contributed by atoms with Crippen molar-refractivity contribution in [1.29, 1.82) is 0 Å². The molecule has 1 heterocycles. The van der Waals surface area contributed by atoms with Gasteiger partial charge in [0, 0.05) is 5.56 Å². The molecule has 4 aliphatic carbocycles. The normalized spacial score (nSPS) is 40.2. The third-order valence-corrected chi connectivity index (χ3v) is 7.65. The van der Waals surface area contributed by atoms with E-state index in [1.807, 2.05) is 6.07 Å². The number of methoxy groups -OCH3 is 1. The van der Waals surface area contributed by atoms with Gasteiger partial charge in [-0.3, -0.25) is 0 Å².